The second-order valence-electron chi connectivity index (χ2n) is 6.40. The molecule has 24 heavy (non-hydrogen) atoms. The van der Waals surface area contributed by atoms with Gasteiger partial charge in [-0.3, -0.25) is 9.69 Å². The minimum atomic E-state index is -4.30. The van der Waals surface area contributed by atoms with Crippen LogP contribution >= 0.6 is 0 Å². The van der Waals surface area contributed by atoms with E-state index in [4.69, 9.17) is 0 Å². The molecule has 1 saturated heterocycles. The van der Waals surface area contributed by atoms with E-state index >= 15 is 0 Å². The summed E-state index contributed by atoms with van der Waals surface area (Å²) >= 11 is 0. The molecule has 0 aromatic heterocycles. The maximum Gasteiger partial charge on any atom is 0.416 e. The van der Waals surface area contributed by atoms with Crippen molar-refractivity contribution in [2.75, 3.05) is 13.1 Å². The molecule has 5 heteroatoms. The van der Waals surface area contributed by atoms with Crippen molar-refractivity contribution in [3.63, 3.8) is 0 Å². The Balaban J connectivity index is 2.00. The third kappa shape index (κ3) is 4.69. The molecular formula is C19H24F3NO. The highest BCUT2D eigenvalue weighted by Gasteiger charge is 2.31. The normalized spacial score (nSPS) is 18.3. The lowest BCUT2D eigenvalue weighted by Crippen LogP contribution is -2.37. The van der Waals surface area contributed by atoms with E-state index < -0.39 is 11.7 Å². The number of benzene rings is 1. The summed E-state index contributed by atoms with van der Waals surface area (Å²) in [4.78, 5) is 13.8. The van der Waals surface area contributed by atoms with Crippen molar-refractivity contribution in [1.82, 2.24) is 4.90 Å². The van der Waals surface area contributed by atoms with Crippen LogP contribution in [0.15, 0.2) is 36.9 Å². The van der Waals surface area contributed by atoms with Crippen molar-refractivity contribution >= 4 is 5.78 Å². The van der Waals surface area contributed by atoms with Gasteiger partial charge in [0, 0.05) is 12.5 Å². The molecule has 0 N–H and O–H groups in total. The van der Waals surface area contributed by atoms with E-state index in [1.54, 1.807) is 12.1 Å². The van der Waals surface area contributed by atoms with Gasteiger partial charge in [0.05, 0.1) is 5.56 Å². The third-order valence-corrected chi connectivity index (χ3v) is 4.82. The molecule has 1 aromatic carbocycles. The van der Waals surface area contributed by atoms with E-state index in [1.807, 2.05) is 0 Å². The van der Waals surface area contributed by atoms with Crippen LogP contribution in [0.3, 0.4) is 0 Å². The summed E-state index contributed by atoms with van der Waals surface area (Å²) in [6, 6.07) is 5.62. The lowest BCUT2D eigenvalue weighted by molar-refractivity contribution is -0.137. The van der Waals surface area contributed by atoms with Crippen molar-refractivity contribution in [1.29, 1.82) is 0 Å². The van der Waals surface area contributed by atoms with Crippen LogP contribution in [0.5, 0.6) is 0 Å². The lowest BCUT2D eigenvalue weighted by Gasteiger charge is -2.37. The van der Waals surface area contributed by atoms with Crippen LogP contribution in [-0.2, 0) is 11.0 Å². The van der Waals surface area contributed by atoms with E-state index in [2.05, 4.69) is 18.4 Å². The number of nitrogens with zero attached hydrogens (tertiary/aromatic N) is 1. The van der Waals surface area contributed by atoms with Crippen LogP contribution < -0.4 is 0 Å². The number of allylic oxidation sites excluding steroid dienone is 1. The molecule has 2 rings (SSSR count). The Hall–Kier alpha value is -1.62. The Labute approximate surface area is 141 Å². The van der Waals surface area contributed by atoms with Gasteiger partial charge in [-0.05, 0) is 62.0 Å². The van der Waals surface area contributed by atoms with Crippen LogP contribution in [0.4, 0.5) is 13.2 Å². The largest absolute Gasteiger partial charge is 0.416 e. The quantitative estimate of drug-likeness (QED) is 0.679. The summed E-state index contributed by atoms with van der Waals surface area (Å²) in [5, 5.41) is 0. The van der Waals surface area contributed by atoms with Crippen molar-refractivity contribution in [3.8, 4) is 0 Å². The summed E-state index contributed by atoms with van der Waals surface area (Å²) in [5.41, 5.74) is 0.314. The molecule has 1 fully saturated rings. The zero-order chi connectivity index (χ0) is 17.7. The zero-order valence-corrected chi connectivity index (χ0v) is 14.0. The summed E-state index contributed by atoms with van der Waals surface area (Å²) in [7, 11) is 0. The Morgan fingerprint density at radius 2 is 1.88 bits per heavy atom. The molecule has 1 aliphatic rings. The highest BCUT2D eigenvalue weighted by molar-refractivity contribution is 5.89. The number of hydrogen-bond donors (Lipinski definition) is 0. The molecule has 1 heterocycles. The first kappa shape index (κ1) is 18.7. The predicted octanol–water partition coefficient (Wildman–Crippen LogP) is 5.01. The predicted molar refractivity (Wildman–Crippen MR) is 88.6 cm³/mol. The SMILES string of the molecule is C=CC(=O)CC1CCN([C@@H](CC)c2ccc(C(F)(F)F)cc2)CC1. The first-order valence-corrected chi connectivity index (χ1v) is 8.41. The number of piperidine rings is 1. The molecule has 0 radical (unpaired) electrons. The Morgan fingerprint density at radius 1 is 1.29 bits per heavy atom. The molecule has 0 bridgehead atoms. The topological polar surface area (TPSA) is 20.3 Å². The maximum absolute atomic E-state index is 12.7. The molecule has 132 valence electrons. The van der Waals surface area contributed by atoms with Crippen LogP contribution in [0, 0.1) is 5.92 Å². The third-order valence-electron chi connectivity index (χ3n) is 4.82. The summed E-state index contributed by atoms with van der Waals surface area (Å²) < 4.78 is 38.1. The van der Waals surface area contributed by atoms with Crippen LogP contribution in [0.2, 0.25) is 0 Å². The van der Waals surface area contributed by atoms with Crippen LogP contribution in [0.25, 0.3) is 0 Å². The number of carbonyl (C=O) groups is 1. The van der Waals surface area contributed by atoms with Gasteiger partial charge < -0.3 is 0 Å². The van der Waals surface area contributed by atoms with Gasteiger partial charge in [0.25, 0.3) is 0 Å². The average molecular weight is 339 g/mol. The zero-order valence-electron chi connectivity index (χ0n) is 14.0. The van der Waals surface area contributed by atoms with E-state index in [0.717, 1.165) is 50.0 Å². The van der Waals surface area contributed by atoms with Gasteiger partial charge in [-0.1, -0.05) is 25.6 Å². The number of halogens is 3. The average Bonchev–Trinajstić information content (AvgIpc) is 2.56. The number of rotatable bonds is 6. The van der Waals surface area contributed by atoms with E-state index in [0.29, 0.717) is 12.3 Å². The second kappa shape index (κ2) is 7.97. The van der Waals surface area contributed by atoms with Crippen molar-refractivity contribution < 1.29 is 18.0 Å². The maximum atomic E-state index is 12.7. The molecular weight excluding hydrogens is 315 g/mol. The van der Waals surface area contributed by atoms with Gasteiger partial charge in [0.15, 0.2) is 5.78 Å². The van der Waals surface area contributed by atoms with Gasteiger partial charge in [-0.2, -0.15) is 13.2 Å². The van der Waals surface area contributed by atoms with Crippen LogP contribution in [0.1, 0.15) is 49.8 Å². The van der Waals surface area contributed by atoms with Crippen molar-refractivity contribution in [2.45, 2.75) is 44.8 Å². The Bertz CT molecular complexity index is 557. The van der Waals surface area contributed by atoms with E-state index in [1.165, 1.54) is 6.08 Å². The molecule has 2 nitrogen and oxygen atoms in total. The molecule has 0 unspecified atom stereocenters. The molecule has 0 saturated carbocycles. The fraction of sp³-hybridized carbons (Fsp3) is 0.526. The summed E-state index contributed by atoms with van der Waals surface area (Å²) in [6.07, 6.45) is 0.364. The molecule has 0 amide bonds. The van der Waals surface area contributed by atoms with Gasteiger partial charge in [-0.15, -0.1) is 0 Å². The van der Waals surface area contributed by atoms with Gasteiger partial charge >= 0.3 is 6.18 Å². The van der Waals surface area contributed by atoms with Gasteiger partial charge in [0.1, 0.15) is 0 Å². The standard InChI is InChI=1S/C19H24F3NO/c1-3-17(24)13-14-9-11-23(12-10-14)18(4-2)15-5-7-16(8-6-15)19(20,21)22/h3,5-8,14,18H,1,4,9-13H2,2H3/t18-/m0/s1. The summed E-state index contributed by atoms with van der Waals surface area (Å²) in [6.45, 7) is 7.30. The monoisotopic (exact) mass is 339 g/mol. The number of hydrogen-bond acceptors (Lipinski definition) is 2. The first-order valence-electron chi connectivity index (χ1n) is 8.41. The molecule has 0 spiro atoms. The minimum absolute atomic E-state index is 0.0863. The fourth-order valence-electron chi connectivity index (χ4n) is 3.44. The van der Waals surface area contributed by atoms with E-state index in [-0.39, 0.29) is 11.8 Å². The number of ketones is 1. The van der Waals surface area contributed by atoms with Crippen molar-refractivity contribution in [3.05, 3.63) is 48.0 Å². The lowest BCUT2D eigenvalue weighted by atomic mass is 9.89. The van der Waals surface area contributed by atoms with E-state index in [9.17, 15) is 18.0 Å². The number of alkyl halides is 3. The highest BCUT2D eigenvalue weighted by Crippen LogP contribution is 2.33. The van der Waals surface area contributed by atoms with Gasteiger partial charge in [-0.25, -0.2) is 0 Å². The smallest absolute Gasteiger partial charge is 0.296 e. The Kier molecular flexibility index (Phi) is 6.21. The highest BCUT2D eigenvalue weighted by atomic mass is 19.4. The number of carbonyl (C=O) groups excluding carboxylic acids is 1. The number of likely N-dealkylation sites (tertiary alicyclic amines) is 1. The van der Waals surface area contributed by atoms with Crippen LogP contribution in [-0.4, -0.2) is 23.8 Å². The van der Waals surface area contributed by atoms with Crippen molar-refractivity contribution in [2.24, 2.45) is 5.92 Å². The Morgan fingerprint density at radius 3 is 2.33 bits per heavy atom. The molecule has 1 aromatic rings. The minimum Gasteiger partial charge on any atom is -0.296 e. The first-order chi connectivity index (χ1) is 11.3. The fourth-order valence-corrected chi connectivity index (χ4v) is 3.44. The summed E-state index contributed by atoms with van der Waals surface area (Å²) in [5.74, 6) is 0.472. The second-order valence-corrected chi connectivity index (χ2v) is 6.40. The molecule has 0 aliphatic carbocycles. The molecule has 1 atom stereocenters. The van der Waals surface area contributed by atoms with Gasteiger partial charge in [0.2, 0.25) is 0 Å². The molecule has 1 aliphatic heterocycles.